The number of nitro groups is 1. The van der Waals surface area contributed by atoms with Gasteiger partial charge in [-0.2, -0.15) is 5.10 Å². The zero-order chi connectivity index (χ0) is 9.84. The molecule has 1 N–H and O–H groups in total. The quantitative estimate of drug-likeness (QED) is 0.434. The fourth-order valence-corrected chi connectivity index (χ4v) is 0.765. The number of allylic oxidation sites excluding steroid dienone is 1. The number of H-pyrrole nitrogens is 1. The first kappa shape index (κ1) is 9.18. The third-order valence-corrected chi connectivity index (χ3v) is 1.54. The third-order valence-electron chi connectivity index (χ3n) is 1.54. The Balaban J connectivity index is 2.75. The Labute approximate surface area is 74.9 Å². The molecule has 0 aromatic carbocycles. The molecule has 68 valence electrons. The molecule has 0 bridgehead atoms. The molecule has 1 heterocycles. The second kappa shape index (κ2) is 3.66. The molecule has 0 fully saturated rings. The van der Waals surface area contributed by atoms with Crippen molar-refractivity contribution >= 4 is 6.08 Å². The molecular weight excluding hydrogens is 170 g/mol. The summed E-state index contributed by atoms with van der Waals surface area (Å²) < 4.78 is 0. The first-order valence-electron chi connectivity index (χ1n) is 3.62. The van der Waals surface area contributed by atoms with Crippen molar-refractivity contribution in [2.45, 2.75) is 6.92 Å². The molecule has 0 aliphatic carbocycles. The number of aromatic nitrogens is 2. The summed E-state index contributed by atoms with van der Waals surface area (Å²) in [6.45, 7) is 5.12. The maximum Gasteiger partial charge on any atom is 0.262 e. The second-order valence-electron chi connectivity index (χ2n) is 2.55. The maximum atomic E-state index is 10.2. The van der Waals surface area contributed by atoms with Crippen molar-refractivity contribution in [1.29, 1.82) is 0 Å². The fourth-order valence-electron chi connectivity index (χ4n) is 0.765. The zero-order valence-electron chi connectivity index (χ0n) is 7.15. The molecule has 0 atom stereocenters. The van der Waals surface area contributed by atoms with E-state index in [0.29, 0.717) is 0 Å². The van der Waals surface area contributed by atoms with Gasteiger partial charge in [0.2, 0.25) is 0 Å². The van der Waals surface area contributed by atoms with Gasteiger partial charge in [-0.05, 0) is 25.1 Å². The lowest BCUT2D eigenvalue weighted by atomic mass is 10.2. The van der Waals surface area contributed by atoms with E-state index in [-0.39, 0.29) is 5.70 Å². The lowest BCUT2D eigenvalue weighted by Gasteiger charge is -1.88. The predicted molar refractivity (Wildman–Crippen MR) is 48.5 cm³/mol. The highest BCUT2D eigenvalue weighted by molar-refractivity contribution is 5.50. The summed E-state index contributed by atoms with van der Waals surface area (Å²) in [5, 5.41) is 16.6. The van der Waals surface area contributed by atoms with Gasteiger partial charge in [-0.25, -0.2) is 0 Å². The molecule has 0 unspecified atom stereocenters. The van der Waals surface area contributed by atoms with E-state index in [1.807, 2.05) is 6.92 Å². The summed E-state index contributed by atoms with van der Waals surface area (Å²) in [6.07, 6.45) is 4.56. The minimum absolute atomic E-state index is 0.144. The Bertz CT molecular complexity index is 365. The van der Waals surface area contributed by atoms with Crippen LogP contribution in [0.15, 0.2) is 24.5 Å². The molecular formula is C8H9N3O2. The van der Waals surface area contributed by atoms with Gasteiger partial charge in [-0.15, -0.1) is 0 Å². The molecule has 0 saturated heterocycles. The van der Waals surface area contributed by atoms with Crippen LogP contribution in [0.5, 0.6) is 0 Å². The van der Waals surface area contributed by atoms with Gasteiger partial charge in [-0.1, -0.05) is 0 Å². The maximum absolute atomic E-state index is 10.2. The van der Waals surface area contributed by atoms with E-state index in [1.165, 1.54) is 6.08 Å². The lowest BCUT2D eigenvalue weighted by Crippen LogP contribution is -1.92. The van der Waals surface area contributed by atoms with Gasteiger partial charge in [0, 0.05) is 6.08 Å². The summed E-state index contributed by atoms with van der Waals surface area (Å²) in [6, 6.07) is 0. The van der Waals surface area contributed by atoms with Gasteiger partial charge >= 0.3 is 0 Å². The smallest absolute Gasteiger partial charge is 0.262 e. The molecule has 0 aliphatic rings. The van der Waals surface area contributed by atoms with E-state index in [2.05, 4.69) is 16.8 Å². The van der Waals surface area contributed by atoms with Crippen molar-refractivity contribution in [2.75, 3.05) is 0 Å². The highest BCUT2D eigenvalue weighted by atomic mass is 16.6. The molecule has 1 aromatic rings. The number of rotatable bonds is 3. The predicted octanol–water partition coefficient (Wildman–Crippen LogP) is 1.52. The van der Waals surface area contributed by atoms with Crippen molar-refractivity contribution < 1.29 is 4.92 Å². The monoisotopic (exact) mass is 179 g/mol. The van der Waals surface area contributed by atoms with Crippen molar-refractivity contribution in [1.82, 2.24) is 10.2 Å². The van der Waals surface area contributed by atoms with Crippen LogP contribution < -0.4 is 0 Å². The van der Waals surface area contributed by atoms with Crippen LogP contribution in [-0.2, 0) is 0 Å². The van der Waals surface area contributed by atoms with Crippen LogP contribution in [0.3, 0.4) is 0 Å². The molecule has 1 rings (SSSR count). The molecule has 5 heteroatoms. The van der Waals surface area contributed by atoms with Crippen molar-refractivity contribution in [3.8, 4) is 0 Å². The lowest BCUT2D eigenvalue weighted by molar-refractivity contribution is -0.418. The third kappa shape index (κ3) is 2.26. The largest absolute Gasteiger partial charge is 0.278 e. The summed E-state index contributed by atoms with van der Waals surface area (Å²) >= 11 is 0. The Morgan fingerprint density at radius 3 is 3.00 bits per heavy atom. The van der Waals surface area contributed by atoms with Gasteiger partial charge in [0.25, 0.3) is 5.70 Å². The fraction of sp³-hybridized carbons (Fsp3) is 0.125. The SMILES string of the molecule is C=C(/C=C\c1[nH]ncc1C)[N+](=O)[O-]. The minimum atomic E-state index is -0.539. The van der Waals surface area contributed by atoms with E-state index in [9.17, 15) is 10.1 Å². The minimum Gasteiger partial charge on any atom is -0.278 e. The van der Waals surface area contributed by atoms with E-state index >= 15 is 0 Å². The number of aryl methyl sites for hydroxylation is 1. The molecule has 13 heavy (non-hydrogen) atoms. The van der Waals surface area contributed by atoms with E-state index < -0.39 is 4.92 Å². The zero-order valence-corrected chi connectivity index (χ0v) is 7.15. The summed E-state index contributed by atoms with van der Waals surface area (Å²) in [5.74, 6) is 0. The summed E-state index contributed by atoms with van der Waals surface area (Å²) in [5.41, 5.74) is 1.55. The number of nitrogens with zero attached hydrogens (tertiary/aromatic N) is 2. The van der Waals surface area contributed by atoms with Crippen molar-refractivity contribution in [3.05, 3.63) is 45.9 Å². The molecule has 0 spiro atoms. The van der Waals surface area contributed by atoms with Crippen LogP contribution in [0, 0.1) is 17.0 Å². The van der Waals surface area contributed by atoms with Gasteiger partial charge in [0.15, 0.2) is 0 Å². The van der Waals surface area contributed by atoms with Crippen molar-refractivity contribution in [3.63, 3.8) is 0 Å². The van der Waals surface area contributed by atoms with Crippen LogP contribution in [0.2, 0.25) is 0 Å². The molecule has 5 nitrogen and oxygen atoms in total. The Hall–Kier alpha value is -1.91. The molecule has 0 radical (unpaired) electrons. The standard InChI is InChI=1S/C8H9N3O2/c1-6-5-9-10-8(6)4-3-7(2)11(12)13/h3-5H,2H2,1H3,(H,9,10)/b4-3-. The molecule has 0 aliphatic heterocycles. The number of hydrogen-bond donors (Lipinski definition) is 1. The van der Waals surface area contributed by atoms with Crippen LogP contribution in [0.25, 0.3) is 6.08 Å². The normalized spacial score (nSPS) is 10.5. The molecule has 0 saturated carbocycles. The first-order valence-corrected chi connectivity index (χ1v) is 3.62. The summed E-state index contributed by atoms with van der Waals surface area (Å²) in [7, 11) is 0. The van der Waals surface area contributed by atoms with Crippen LogP contribution in [0.1, 0.15) is 11.3 Å². The highest BCUT2D eigenvalue weighted by Crippen LogP contribution is 2.06. The number of nitrogens with one attached hydrogen (secondary N) is 1. The van der Waals surface area contributed by atoms with E-state index in [1.54, 1.807) is 12.3 Å². The van der Waals surface area contributed by atoms with Crippen LogP contribution in [0.4, 0.5) is 0 Å². The Morgan fingerprint density at radius 2 is 2.54 bits per heavy atom. The van der Waals surface area contributed by atoms with Gasteiger partial charge in [0.1, 0.15) is 0 Å². The van der Waals surface area contributed by atoms with Gasteiger partial charge in [-0.3, -0.25) is 15.2 Å². The first-order chi connectivity index (χ1) is 6.11. The molecule has 0 amide bonds. The second-order valence-corrected chi connectivity index (χ2v) is 2.55. The van der Waals surface area contributed by atoms with Crippen molar-refractivity contribution in [2.24, 2.45) is 0 Å². The summed E-state index contributed by atoms with van der Waals surface area (Å²) in [4.78, 5) is 9.63. The van der Waals surface area contributed by atoms with E-state index in [4.69, 9.17) is 0 Å². The average Bonchev–Trinajstić information content (AvgIpc) is 2.47. The topological polar surface area (TPSA) is 71.8 Å². The Morgan fingerprint density at radius 1 is 1.85 bits per heavy atom. The van der Waals surface area contributed by atoms with Crippen LogP contribution >= 0.6 is 0 Å². The number of aromatic amines is 1. The highest BCUT2D eigenvalue weighted by Gasteiger charge is 2.01. The van der Waals surface area contributed by atoms with E-state index in [0.717, 1.165) is 11.3 Å². The molecule has 1 aromatic heterocycles. The van der Waals surface area contributed by atoms with Crippen LogP contribution in [-0.4, -0.2) is 15.1 Å². The Kier molecular flexibility index (Phi) is 2.59. The van der Waals surface area contributed by atoms with Gasteiger partial charge in [0.05, 0.1) is 16.8 Å². The average molecular weight is 179 g/mol. The van der Waals surface area contributed by atoms with Gasteiger partial charge < -0.3 is 0 Å². The number of hydrogen-bond acceptors (Lipinski definition) is 3.